The van der Waals surface area contributed by atoms with Gasteiger partial charge in [0.25, 0.3) is 0 Å². The van der Waals surface area contributed by atoms with Crippen LogP contribution >= 0.6 is 0 Å². The molecule has 0 spiro atoms. The maximum absolute atomic E-state index is 12.4. The molecule has 0 amide bonds. The van der Waals surface area contributed by atoms with Gasteiger partial charge in [0.1, 0.15) is 5.75 Å². The molecule has 0 atom stereocenters. The number of halogens is 3. The van der Waals surface area contributed by atoms with Crippen molar-refractivity contribution in [1.82, 2.24) is 4.57 Å². The maximum Gasteiger partial charge on any atom is 0.573 e. The van der Waals surface area contributed by atoms with E-state index in [1.54, 1.807) is 12.1 Å². The van der Waals surface area contributed by atoms with Crippen molar-refractivity contribution in [3.8, 4) is 16.9 Å². The fourth-order valence-electron chi connectivity index (χ4n) is 3.17. The maximum atomic E-state index is 12.4. The summed E-state index contributed by atoms with van der Waals surface area (Å²) < 4.78 is 43.5. The number of benzene rings is 3. The topological polar surface area (TPSA) is 14.2 Å². The van der Waals surface area contributed by atoms with E-state index in [4.69, 9.17) is 0 Å². The van der Waals surface area contributed by atoms with E-state index < -0.39 is 6.36 Å². The fourth-order valence-corrected chi connectivity index (χ4v) is 3.17. The molecule has 1 heterocycles. The Morgan fingerprint density at radius 2 is 1.56 bits per heavy atom. The van der Waals surface area contributed by atoms with Crippen LogP contribution in [0.25, 0.3) is 22.0 Å². The van der Waals surface area contributed by atoms with E-state index in [2.05, 4.69) is 21.4 Å². The molecule has 3 aromatic carbocycles. The zero-order valence-electron chi connectivity index (χ0n) is 14.3. The molecular formula is C22H16F3NO. The molecule has 4 aromatic rings. The molecule has 0 aliphatic heterocycles. The van der Waals surface area contributed by atoms with Gasteiger partial charge in [-0.25, -0.2) is 0 Å². The molecule has 0 N–H and O–H groups in total. The standard InChI is InChI=1S/C22H16F3NO/c23-22(24,25)27-20-8-4-7-17(14-20)18-9-10-21-19(13-18)11-12-26(21)15-16-5-2-1-3-6-16/h1-14H,15H2. The molecule has 27 heavy (non-hydrogen) atoms. The van der Waals surface area contributed by atoms with Gasteiger partial charge in [0.2, 0.25) is 0 Å². The van der Waals surface area contributed by atoms with Crippen LogP contribution in [0, 0.1) is 0 Å². The Labute approximate surface area is 154 Å². The van der Waals surface area contributed by atoms with E-state index in [9.17, 15) is 13.2 Å². The minimum Gasteiger partial charge on any atom is -0.406 e. The van der Waals surface area contributed by atoms with Gasteiger partial charge < -0.3 is 9.30 Å². The second kappa shape index (κ2) is 6.83. The highest BCUT2D eigenvalue weighted by Crippen LogP contribution is 2.30. The summed E-state index contributed by atoms with van der Waals surface area (Å²) in [6.45, 7) is 0.762. The zero-order valence-corrected chi connectivity index (χ0v) is 14.3. The summed E-state index contributed by atoms with van der Waals surface area (Å²) in [6, 6.07) is 24.1. The van der Waals surface area contributed by atoms with Crippen molar-refractivity contribution in [3.05, 3.63) is 90.6 Å². The third-order valence-electron chi connectivity index (χ3n) is 4.37. The Kier molecular flexibility index (Phi) is 4.36. The van der Waals surface area contributed by atoms with E-state index in [1.165, 1.54) is 17.7 Å². The van der Waals surface area contributed by atoms with Crippen LogP contribution in [0.2, 0.25) is 0 Å². The second-order valence-corrected chi connectivity index (χ2v) is 6.28. The van der Waals surface area contributed by atoms with E-state index in [0.29, 0.717) is 5.56 Å². The Morgan fingerprint density at radius 3 is 2.33 bits per heavy atom. The summed E-state index contributed by atoms with van der Waals surface area (Å²) in [6.07, 6.45) is -2.68. The number of nitrogens with zero attached hydrogens (tertiary/aromatic N) is 1. The number of fused-ring (bicyclic) bond motifs is 1. The predicted molar refractivity (Wildman–Crippen MR) is 99.6 cm³/mol. The molecule has 0 unspecified atom stereocenters. The molecule has 0 aliphatic rings. The summed E-state index contributed by atoms with van der Waals surface area (Å²) in [5.74, 6) is -0.221. The lowest BCUT2D eigenvalue weighted by Crippen LogP contribution is -2.17. The average Bonchev–Trinajstić information content (AvgIpc) is 3.03. The van der Waals surface area contributed by atoms with Crippen LogP contribution in [0.3, 0.4) is 0 Å². The molecule has 1 aromatic heterocycles. The average molecular weight is 367 g/mol. The van der Waals surface area contributed by atoms with Gasteiger partial charge in [-0.3, -0.25) is 0 Å². The quantitative estimate of drug-likeness (QED) is 0.415. The SMILES string of the molecule is FC(F)(F)Oc1cccc(-c2ccc3c(ccn3Cc3ccccc3)c2)c1. The van der Waals surface area contributed by atoms with Gasteiger partial charge in [0.15, 0.2) is 0 Å². The van der Waals surface area contributed by atoms with Gasteiger partial charge in [-0.15, -0.1) is 13.2 Å². The van der Waals surface area contributed by atoms with Crippen molar-refractivity contribution >= 4 is 10.9 Å². The molecule has 4 rings (SSSR count). The van der Waals surface area contributed by atoms with Crippen LogP contribution in [0.4, 0.5) is 13.2 Å². The summed E-state index contributed by atoms with van der Waals surface area (Å²) in [4.78, 5) is 0. The highest BCUT2D eigenvalue weighted by Gasteiger charge is 2.31. The van der Waals surface area contributed by atoms with Crippen molar-refractivity contribution in [2.45, 2.75) is 12.9 Å². The number of aromatic nitrogens is 1. The molecule has 5 heteroatoms. The van der Waals surface area contributed by atoms with Gasteiger partial charge in [-0.2, -0.15) is 0 Å². The number of hydrogen-bond acceptors (Lipinski definition) is 1. The zero-order chi connectivity index (χ0) is 18.9. The molecule has 0 aliphatic carbocycles. The first kappa shape index (κ1) is 17.2. The number of rotatable bonds is 4. The second-order valence-electron chi connectivity index (χ2n) is 6.28. The smallest absolute Gasteiger partial charge is 0.406 e. The molecule has 0 saturated heterocycles. The molecule has 0 radical (unpaired) electrons. The van der Waals surface area contributed by atoms with Crippen molar-refractivity contribution in [3.63, 3.8) is 0 Å². The Hall–Kier alpha value is -3.21. The third-order valence-corrected chi connectivity index (χ3v) is 4.37. The first-order valence-corrected chi connectivity index (χ1v) is 8.47. The van der Waals surface area contributed by atoms with Crippen LogP contribution in [0.1, 0.15) is 5.56 Å². The Bertz CT molecular complexity index is 1070. The molecule has 136 valence electrons. The first-order chi connectivity index (χ1) is 13.0. The molecular weight excluding hydrogens is 351 g/mol. The van der Waals surface area contributed by atoms with Crippen LogP contribution < -0.4 is 4.74 Å². The highest BCUT2D eigenvalue weighted by atomic mass is 19.4. The van der Waals surface area contributed by atoms with Crippen molar-refractivity contribution in [2.75, 3.05) is 0 Å². The summed E-state index contributed by atoms with van der Waals surface area (Å²) in [5.41, 5.74) is 3.79. The first-order valence-electron chi connectivity index (χ1n) is 8.47. The molecule has 0 saturated carbocycles. The summed E-state index contributed by atoms with van der Waals surface area (Å²) in [5, 5.41) is 1.03. The monoisotopic (exact) mass is 367 g/mol. The predicted octanol–water partition coefficient (Wildman–Crippen LogP) is 6.26. The van der Waals surface area contributed by atoms with Gasteiger partial charge in [0, 0.05) is 23.6 Å². The van der Waals surface area contributed by atoms with Crippen molar-refractivity contribution in [2.24, 2.45) is 0 Å². The largest absolute Gasteiger partial charge is 0.573 e. The minimum absolute atomic E-state index is 0.221. The minimum atomic E-state index is -4.70. The van der Waals surface area contributed by atoms with Gasteiger partial charge in [-0.05, 0) is 47.0 Å². The van der Waals surface area contributed by atoms with Gasteiger partial charge >= 0.3 is 6.36 Å². The van der Waals surface area contributed by atoms with Crippen LogP contribution in [0.5, 0.6) is 5.75 Å². The third kappa shape index (κ3) is 3.97. The van der Waals surface area contributed by atoms with Crippen LogP contribution in [-0.4, -0.2) is 10.9 Å². The van der Waals surface area contributed by atoms with Crippen molar-refractivity contribution < 1.29 is 17.9 Å². The molecule has 2 nitrogen and oxygen atoms in total. The molecule has 0 bridgehead atoms. The van der Waals surface area contributed by atoms with E-state index in [-0.39, 0.29) is 5.75 Å². The van der Waals surface area contributed by atoms with Crippen LogP contribution in [0.15, 0.2) is 85.1 Å². The number of hydrogen-bond donors (Lipinski definition) is 0. The molecule has 0 fully saturated rings. The lowest BCUT2D eigenvalue weighted by Gasteiger charge is -2.10. The highest BCUT2D eigenvalue weighted by molar-refractivity contribution is 5.86. The lowest BCUT2D eigenvalue weighted by atomic mass is 10.0. The Balaban J connectivity index is 1.64. The number of ether oxygens (including phenoxy) is 1. The van der Waals surface area contributed by atoms with E-state index in [1.807, 2.05) is 48.7 Å². The van der Waals surface area contributed by atoms with Gasteiger partial charge in [-0.1, -0.05) is 48.5 Å². The summed E-state index contributed by atoms with van der Waals surface area (Å²) >= 11 is 0. The lowest BCUT2D eigenvalue weighted by molar-refractivity contribution is -0.274. The normalized spacial score (nSPS) is 11.7. The van der Waals surface area contributed by atoms with E-state index >= 15 is 0 Å². The summed E-state index contributed by atoms with van der Waals surface area (Å²) in [7, 11) is 0. The van der Waals surface area contributed by atoms with Gasteiger partial charge in [0.05, 0.1) is 0 Å². The fraction of sp³-hybridized carbons (Fsp3) is 0.0909. The van der Waals surface area contributed by atoms with E-state index in [0.717, 1.165) is 23.0 Å². The van der Waals surface area contributed by atoms with Crippen molar-refractivity contribution in [1.29, 1.82) is 0 Å². The van der Waals surface area contributed by atoms with Crippen LogP contribution in [-0.2, 0) is 6.54 Å². The number of alkyl halides is 3. The Morgan fingerprint density at radius 1 is 0.778 bits per heavy atom.